The average molecular weight is 312 g/mol. The second kappa shape index (κ2) is 5.85. The van der Waals surface area contributed by atoms with Gasteiger partial charge in [0.05, 0.1) is 0 Å². The monoisotopic (exact) mass is 311 g/mol. The van der Waals surface area contributed by atoms with Gasteiger partial charge in [-0.25, -0.2) is 4.98 Å². The zero-order valence-corrected chi connectivity index (χ0v) is 13.4. The number of halogens is 1. The predicted octanol–water partition coefficient (Wildman–Crippen LogP) is 4.95. The summed E-state index contributed by atoms with van der Waals surface area (Å²) in [6.07, 6.45) is 1.79. The van der Waals surface area contributed by atoms with Crippen LogP contribution in [-0.2, 0) is 0 Å². The lowest BCUT2D eigenvalue weighted by Gasteiger charge is -2.17. The van der Waals surface area contributed by atoms with Gasteiger partial charge < -0.3 is 11.1 Å². The fourth-order valence-electron chi connectivity index (χ4n) is 2.54. The Bertz CT molecular complexity index is 812. The van der Waals surface area contributed by atoms with E-state index in [2.05, 4.69) is 23.3 Å². The van der Waals surface area contributed by atoms with Gasteiger partial charge in [0, 0.05) is 33.7 Å². The first kappa shape index (κ1) is 14.7. The van der Waals surface area contributed by atoms with Crippen molar-refractivity contribution < 1.29 is 0 Å². The van der Waals surface area contributed by atoms with E-state index in [-0.39, 0.29) is 6.04 Å². The van der Waals surface area contributed by atoms with Crippen molar-refractivity contribution in [3.63, 3.8) is 0 Å². The quantitative estimate of drug-likeness (QED) is 0.673. The Morgan fingerprint density at radius 1 is 1.05 bits per heavy atom. The second-order valence-electron chi connectivity index (χ2n) is 5.47. The molecule has 0 aliphatic heterocycles. The Hall–Kier alpha value is -2.26. The van der Waals surface area contributed by atoms with Gasteiger partial charge in [-0.1, -0.05) is 35.9 Å². The van der Waals surface area contributed by atoms with Crippen molar-refractivity contribution in [3.05, 3.63) is 64.8 Å². The molecule has 0 bridgehead atoms. The van der Waals surface area contributed by atoms with Gasteiger partial charge in [0.1, 0.15) is 5.82 Å². The molecule has 0 aliphatic carbocycles. The van der Waals surface area contributed by atoms with E-state index in [0.717, 1.165) is 38.4 Å². The Balaban J connectivity index is 1.97. The van der Waals surface area contributed by atoms with Crippen molar-refractivity contribution in [1.82, 2.24) is 4.98 Å². The molecule has 0 fully saturated rings. The standard InChI is InChI=1S/C18H18ClN3/c1-11-3-8-16-15(17(11)20)9-10-21-18(16)22-12(2)13-4-6-14(19)7-5-13/h3-10,12H,20H2,1-2H3,(H,21,22). The van der Waals surface area contributed by atoms with E-state index in [1.165, 1.54) is 0 Å². The third-order valence-corrected chi connectivity index (χ3v) is 4.18. The molecule has 3 N–H and O–H groups in total. The minimum absolute atomic E-state index is 0.123. The van der Waals surface area contributed by atoms with E-state index < -0.39 is 0 Å². The number of rotatable bonds is 3. The van der Waals surface area contributed by atoms with E-state index in [9.17, 15) is 0 Å². The number of anilines is 2. The number of pyridine rings is 1. The van der Waals surface area contributed by atoms with Crippen LogP contribution in [0.15, 0.2) is 48.7 Å². The first-order chi connectivity index (χ1) is 10.6. The maximum absolute atomic E-state index is 6.18. The smallest absolute Gasteiger partial charge is 0.134 e. The van der Waals surface area contributed by atoms with Crippen LogP contribution < -0.4 is 11.1 Å². The Morgan fingerprint density at radius 2 is 1.77 bits per heavy atom. The van der Waals surface area contributed by atoms with E-state index >= 15 is 0 Å². The molecule has 1 atom stereocenters. The van der Waals surface area contributed by atoms with Crippen LogP contribution in [0.4, 0.5) is 11.5 Å². The molecule has 0 amide bonds. The number of nitrogen functional groups attached to an aromatic ring is 1. The van der Waals surface area contributed by atoms with Crippen molar-refractivity contribution in [1.29, 1.82) is 0 Å². The number of benzene rings is 2. The lowest BCUT2D eigenvalue weighted by Crippen LogP contribution is -2.08. The van der Waals surface area contributed by atoms with Crippen LogP contribution in [0.25, 0.3) is 10.8 Å². The summed E-state index contributed by atoms with van der Waals surface area (Å²) in [5.74, 6) is 0.839. The fourth-order valence-corrected chi connectivity index (χ4v) is 2.67. The number of hydrogen-bond acceptors (Lipinski definition) is 3. The highest BCUT2D eigenvalue weighted by molar-refractivity contribution is 6.30. The molecule has 3 rings (SSSR count). The molecule has 4 heteroatoms. The maximum atomic E-state index is 6.18. The molecule has 1 aromatic heterocycles. The molecule has 22 heavy (non-hydrogen) atoms. The third-order valence-electron chi connectivity index (χ3n) is 3.93. The Kier molecular flexibility index (Phi) is 3.90. The maximum Gasteiger partial charge on any atom is 0.134 e. The molecule has 112 valence electrons. The summed E-state index contributed by atoms with van der Waals surface area (Å²) < 4.78 is 0. The van der Waals surface area contributed by atoms with E-state index in [1.807, 2.05) is 43.3 Å². The molecule has 0 aliphatic rings. The summed E-state index contributed by atoms with van der Waals surface area (Å²) in [6, 6.07) is 14.0. The highest BCUT2D eigenvalue weighted by Gasteiger charge is 2.10. The lowest BCUT2D eigenvalue weighted by atomic mass is 10.1. The van der Waals surface area contributed by atoms with Crippen LogP contribution in [0.5, 0.6) is 0 Å². The van der Waals surface area contributed by atoms with Gasteiger partial charge in [-0.15, -0.1) is 0 Å². The zero-order chi connectivity index (χ0) is 15.7. The van der Waals surface area contributed by atoms with E-state index in [1.54, 1.807) is 6.20 Å². The normalized spacial score (nSPS) is 12.3. The second-order valence-corrected chi connectivity index (χ2v) is 5.90. The molecule has 0 radical (unpaired) electrons. The number of hydrogen-bond donors (Lipinski definition) is 2. The van der Waals surface area contributed by atoms with Crippen molar-refractivity contribution in [2.24, 2.45) is 0 Å². The van der Waals surface area contributed by atoms with Gasteiger partial charge in [0.2, 0.25) is 0 Å². The Labute approximate surface area is 135 Å². The summed E-state index contributed by atoms with van der Waals surface area (Å²) in [5, 5.41) is 6.26. The van der Waals surface area contributed by atoms with Crippen molar-refractivity contribution >= 4 is 33.9 Å². The third kappa shape index (κ3) is 2.72. The molecule has 0 spiro atoms. The summed E-state index contributed by atoms with van der Waals surface area (Å²) in [6.45, 7) is 4.11. The summed E-state index contributed by atoms with van der Waals surface area (Å²) in [5.41, 5.74) is 9.22. The highest BCUT2D eigenvalue weighted by atomic mass is 35.5. The van der Waals surface area contributed by atoms with Crippen LogP contribution in [0.2, 0.25) is 5.02 Å². The van der Waals surface area contributed by atoms with Crippen molar-refractivity contribution in [3.8, 4) is 0 Å². The largest absolute Gasteiger partial charge is 0.398 e. The summed E-state index contributed by atoms with van der Waals surface area (Å²) >= 11 is 5.94. The molecule has 2 aromatic carbocycles. The molecule has 0 saturated carbocycles. The molecular weight excluding hydrogens is 294 g/mol. The first-order valence-electron chi connectivity index (χ1n) is 7.22. The van der Waals surface area contributed by atoms with Gasteiger partial charge in [0.25, 0.3) is 0 Å². The molecule has 3 nitrogen and oxygen atoms in total. The number of nitrogens with one attached hydrogen (secondary N) is 1. The topological polar surface area (TPSA) is 50.9 Å². The van der Waals surface area contributed by atoms with Gasteiger partial charge in [0.15, 0.2) is 0 Å². The SMILES string of the molecule is Cc1ccc2c(NC(C)c3ccc(Cl)cc3)nccc2c1N. The van der Waals surface area contributed by atoms with Gasteiger partial charge >= 0.3 is 0 Å². The minimum atomic E-state index is 0.123. The van der Waals surface area contributed by atoms with Crippen LogP contribution in [0, 0.1) is 6.92 Å². The molecular formula is C18H18ClN3. The van der Waals surface area contributed by atoms with E-state index in [0.29, 0.717) is 0 Å². The lowest BCUT2D eigenvalue weighted by molar-refractivity contribution is 0.877. The predicted molar refractivity (Wildman–Crippen MR) is 94.4 cm³/mol. The molecule has 3 aromatic rings. The summed E-state index contributed by atoms with van der Waals surface area (Å²) in [4.78, 5) is 4.47. The van der Waals surface area contributed by atoms with Crippen molar-refractivity contribution in [2.75, 3.05) is 11.1 Å². The number of aryl methyl sites for hydroxylation is 1. The fraction of sp³-hybridized carbons (Fsp3) is 0.167. The minimum Gasteiger partial charge on any atom is -0.398 e. The van der Waals surface area contributed by atoms with Gasteiger partial charge in [-0.05, 0) is 43.2 Å². The van der Waals surface area contributed by atoms with Crippen LogP contribution in [-0.4, -0.2) is 4.98 Å². The van der Waals surface area contributed by atoms with Crippen LogP contribution in [0.1, 0.15) is 24.1 Å². The van der Waals surface area contributed by atoms with E-state index in [4.69, 9.17) is 17.3 Å². The van der Waals surface area contributed by atoms with Gasteiger partial charge in [-0.2, -0.15) is 0 Å². The van der Waals surface area contributed by atoms with Crippen molar-refractivity contribution in [2.45, 2.75) is 19.9 Å². The number of fused-ring (bicyclic) bond motifs is 1. The molecule has 0 saturated heterocycles. The number of nitrogens with zero attached hydrogens (tertiary/aromatic N) is 1. The average Bonchev–Trinajstić information content (AvgIpc) is 2.52. The molecule has 1 heterocycles. The molecule has 1 unspecified atom stereocenters. The van der Waals surface area contributed by atoms with Crippen LogP contribution in [0.3, 0.4) is 0 Å². The number of nitrogens with two attached hydrogens (primary N) is 1. The van der Waals surface area contributed by atoms with Gasteiger partial charge in [-0.3, -0.25) is 0 Å². The zero-order valence-electron chi connectivity index (χ0n) is 12.6. The Morgan fingerprint density at radius 3 is 2.50 bits per heavy atom. The summed E-state index contributed by atoms with van der Waals surface area (Å²) in [7, 11) is 0. The highest BCUT2D eigenvalue weighted by Crippen LogP contribution is 2.30. The number of aromatic nitrogens is 1. The van der Waals surface area contributed by atoms with Crippen LogP contribution >= 0.6 is 11.6 Å². The first-order valence-corrected chi connectivity index (χ1v) is 7.60.